The van der Waals surface area contributed by atoms with E-state index in [0.29, 0.717) is 6.54 Å². The lowest BCUT2D eigenvalue weighted by Gasteiger charge is -2.36. The van der Waals surface area contributed by atoms with Crippen molar-refractivity contribution < 1.29 is 18.8 Å². The van der Waals surface area contributed by atoms with Gasteiger partial charge in [0, 0.05) is 24.4 Å². The molecule has 3 heterocycles. The third-order valence-corrected chi connectivity index (χ3v) is 5.83. The number of carbonyl (C=O) groups is 1. The van der Waals surface area contributed by atoms with Crippen LogP contribution >= 0.6 is 0 Å². The lowest BCUT2D eigenvalue weighted by atomic mass is 9.82. The van der Waals surface area contributed by atoms with Gasteiger partial charge in [0.05, 0.1) is 23.8 Å². The molecule has 2 aliphatic heterocycles. The van der Waals surface area contributed by atoms with E-state index >= 15 is 0 Å². The molecule has 0 unspecified atom stereocenters. The number of piperidine rings is 1. The largest absolute Gasteiger partial charge is 0.498 e. The van der Waals surface area contributed by atoms with Gasteiger partial charge in [-0.05, 0) is 67.7 Å². The second kappa shape index (κ2) is 7.37. The lowest BCUT2D eigenvalue weighted by Crippen LogP contribution is -2.48. The van der Waals surface area contributed by atoms with E-state index in [9.17, 15) is 4.79 Å². The Hall–Kier alpha value is -1.54. The number of rotatable bonds is 3. The summed E-state index contributed by atoms with van der Waals surface area (Å²) < 4.78 is 19.7. The van der Waals surface area contributed by atoms with E-state index < -0.39 is 12.7 Å². The predicted octanol–water partition coefficient (Wildman–Crippen LogP) is 2.97. The standard InChI is InChI=1S/C20H34BN3O4/c1-18(2,3)26-17(25)24-11-9-8-10-16(24)14-23-13-15(12-22-23)21-27-19(4,5)20(6,7)28-21/h12-13,16H,8-11,14H2,1-7H3/t16-/m0/s1. The Kier molecular flexibility index (Phi) is 5.58. The number of ether oxygens (including phenoxy) is 1. The first-order valence-corrected chi connectivity index (χ1v) is 10.3. The molecule has 0 N–H and O–H groups in total. The van der Waals surface area contributed by atoms with Crippen molar-refractivity contribution in [1.82, 2.24) is 14.7 Å². The van der Waals surface area contributed by atoms with E-state index in [4.69, 9.17) is 14.0 Å². The molecule has 0 saturated carbocycles. The van der Waals surface area contributed by atoms with Crippen molar-refractivity contribution in [2.24, 2.45) is 0 Å². The number of amides is 1. The summed E-state index contributed by atoms with van der Waals surface area (Å²) in [5, 5.41) is 4.50. The van der Waals surface area contributed by atoms with Crippen LogP contribution in [0, 0.1) is 0 Å². The van der Waals surface area contributed by atoms with Crippen molar-refractivity contribution in [3.8, 4) is 0 Å². The number of carbonyl (C=O) groups excluding carboxylic acids is 1. The van der Waals surface area contributed by atoms with E-state index in [1.807, 2.05) is 64.2 Å². The smallest absolute Gasteiger partial charge is 0.444 e. The van der Waals surface area contributed by atoms with Crippen molar-refractivity contribution in [3.63, 3.8) is 0 Å². The zero-order valence-corrected chi connectivity index (χ0v) is 18.3. The third kappa shape index (κ3) is 4.54. The van der Waals surface area contributed by atoms with Gasteiger partial charge in [-0.15, -0.1) is 0 Å². The van der Waals surface area contributed by atoms with Crippen LogP contribution in [0.2, 0.25) is 0 Å². The summed E-state index contributed by atoms with van der Waals surface area (Å²) in [5.41, 5.74) is -0.347. The molecule has 0 spiro atoms. The number of aromatic nitrogens is 2. The highest BCUT2D eigenvalue weighted by Gasteiger charge is 2.52. The van der Waals surface area contributed by atoms with Crippen LogP contribution < -0.4 is 5.46 Å². The van der Waals surface area contributed by atoms with E-state index in [1.54, 1.807) is 6.20 Å². The van der Waals surface area contributed by atoms with Gasteiger partial charge in [-0.2, -0.15) is 5.10 Å². The molecule has 0 aromatic carbocycles. The molecule has 28 heavy (non-hydrogen) atoms. The molecule has 156 valence electrons. The minimum absolute atomic E-state index is 0.0784. The first-order chi connectivity index (χ1) is 12.9. The van der Waals surface area contributed by atoms with Crippen LogP contribution in [0.5, 0.6) is 0 Å². The number of nitrogens with zero attached hydrogens (tertiary/aromatic N) is 3. The van der Waals surface area contributed by atoms with Crippen molar-refractivity contribution in [1.29, 1.82) is 0 Å². The predicted molar refractivity (Wildman–Crippen MR) is 109 cm³/mol. The maximum atomic E-state index is 12.6. The minimum atomic E-state index is -0.491. The second-order valence-corrected chi connectivity index (χ2v) is 9.91. The molecule has 1 aromatic heterocycles. The minimum Gasteiger partial charge on any atom is -0.444 e. The molecule has 1 atom stereocenters. The highest BCUT2D eigenvalue weighted by Crippen LogP contribution is 2.36. The Bertz CT molecular complexity index is 695. The monoisotopic (exact) mass is 391 g/mol. The molecule has 7 nitrogen and oxygen atoms in total. The number of likely N-dealkylation sites (tertiary alicyclic amines) is 1. The third-order valence-electron chi connectivity index (χ3n) is 5.83. The SMILES string of the molecule is CC(C)(C)OC(=O)N1CCCC[C@H]1Cn1cc(B2OC(C)(C)C(C)(C)O2)cn1. The van der Waals surface area contributed by atoms with Crippen molar-refractivity contribution in [3.05, 3.63) is 12.4 Å². The van der Waals surface area contributed by atoms with Gasteiger partial charge in [0.25, 0.3) is 0 Å². The molecule has 0 bridgehead atoms. The van der Waals surface area contributed by atoms with Crippen molar-refractivity contribution >= 4 is 18.7 Å². The molecule has 0 aliphatic carbocycles. The summed E-state index contributed by atoms with van der Waals surface area (Å²) in [7, 11) is -0.424. The highest BCUT2D eigenvalue weighted by molar-refractivity contribution is 6.61. The molecule has 1 aromatic rings. The topological polar surface area (TPSA) is 65.8 Å². The molecule has 2 fully saturated rings. The Morgan fingerprint density at radius 1 is 1.25 bits per heavy atom. The molecule has 3 rings (SSSR count). The Morgan fingerprint density at radius 3 is 2.50 bits per heavy atom. The van der Waals surface area contributed by atoms with Crippen LogP contribution in [-0.2, 0) is 20.6 Å². The average molecular weight is 391 g/mol. The molecular formula is C20H34BN3O4. The van der Waals surface area contributed by atoms with Crippen molar-refractivity contribution in [2.45, 2.75) is 97.1 Å². The summed E-state index contributed by atoms with van der Waals surface area (Å²) in [6, 6.07) is 0.0784. The normalized spacial score (nSPS) is 24.5. The van der Waals surface area contributed by atoms with E-state index in [2.05, 4.69) is 5.10 Å². The first-order valence-electron chi connectivity index (χ1n) is 10.3. The Labute approximate surface area is 168 Å². The summed E-state index contributed by atoms with van der Waals surface area (Å²) in [4.78, 5) is 14.5. The van der Waals surface area contributed by atoms with Crippen LogP contribution in [-0.4, -0.2) is 57.3 Å². The van der Waals surface area contributed by atoms with Crippen LogP contribution in [0.4, 0.5) is 4.79 Å². The number of hydrogen-bond acceptors (Lipinski definition) is 5. The van der Waals surface area contributed by atoms with Gasteiger partial charge in [-0.3, -0.25) is 4.68 Å². The van der Waals surface area contributed by atoms with Crippen LogP contribution in [0.1, 0.15) is 67.7 Å². The Morgan fingerprint density at radius 2 is 1.89 bits per heavy atom. The van der Waals surface area contributed by atoms with Gasteiger partial charge in [-0.25, -0.2) is 4.79 Å². The fourth-order valence-electron chi connectivity index (χ4n) is 3.55. The molecular weight excluding hydrogens is 357 g/mol. The van der Waals surface area contributed by atoms with Gasteiger partial charge in [0.15, 0.2) is 0 Å². The summed E-state index contributed by atoms with van der Waals surface area (Å²) in [6.45, 7) is 15.2. The summed E-state index contributed by atoms with van der Waals surface area (Å²) in [5.74, 6) is 0. The van der Waals surface area contributed by atoms with Gasteiger partial charge < -0.3 is 18.9 Å². The maximum Gasteiger partial charge on any atom is 0.498 e. The van der Waals surface area contributed by atoms with Gasteiger partial charge in [0.2, 0.25) is 0 Å². The fraction of sp³-hybridized carbons (Fsp3) is 0.800. The lowest BCUT2D eigenvalue weighted by molar-refractivity contribution is 0.00578. The number of hydrogen-bond donors (Lipinski definition) is 0. The fourth-order valence-corrected chi connectivity index (χ4v) is 3.55. The summed E-state index contributed by atoms with van der Waals surface area (Å²) in [6.07, 6.45) is 6.58. The molecule has 8 heteroatoms. The van der Waals surface area contributed by atoms with E-state index in [0.717, 1.165) is 31.3 Å². The van der Waals surface area contributed by atoms with Gasteiger partial charge in [-0.1, -0.05) is 0 Å². The van der Waals surface area contributed by atoms with Gasteiger partial charge >= 0.3 is 13.2 Å². The summed E-state index contributed by atoms with van der Waals surface area (Å²) >= 11 is 0. The zero-order valence-electron chi connectivity index (χ0n) is 18.3. The van der Waals surface area contributed by atoms with Crippen LogP contribution in [0.25, 0.3) is 0 Å². The molecule has 2 aliphatic rings. The van der Waals surface area contributed by atoms with E-state index in [-0.39, 0.29) is 23.3 Å². The first kappa shape index (κ1) is 21.2. The maximum absolute atomic E-state index is 12.6. The Balaban J connectivity index is 1.67. The zero-order chi connectivity index (χ0) is 20.7. The van der Waals surface area contributed by atoms with E-state index in [1.165, 1.54) is 0 Å². The van der Waals surface area contributed by atoms with Gasteiger partial charge in [0.1, 0.15) is 5.60 Å². The average Bonchev–Trinajstić information content (AvgIpc) is 3.08. The highest BCUT2D eigenvalue weighted by atomic mass is 16.7. The van der Waals surface area contributed by atoms with Crippen LogP contribution in [0.3, 0.4) is 0 Å². The molecule has 2 saturated heterocycles. The molecule has 1 amide bonds. The molecule has 0 radical (unpaired) electrons. The van der Waals surface area contributed by atoms with Crippen LogP contribution in [0.15, 0.2) is 12.4 Å². The quantitative estimate of drug-likeness (QED) is 0.742. The second-order valence-electron chi connectivity index (χ2n) is 9.91. The van der Waals surface area contributed by atoms with Crippen molar-refractivity contribution in [2.75, 3.05) is 6.54 Å².